The van der Waals surface area contributed by atoms with Gasteiger partial charge in [0.2, 0.25) is 5.91 Å². The van der Waals surface area contributed by atoms with Gasteiger partial charge in [0.15, 0.2) is 0 Å². The molecule has 0 bridgehead atoms. The Hall–Kier alpha value is -3.74. The first-order valence-electron chi connectivity index (χ1n) is 8.15. The maximum atomic E-state index is 13.1. The summed E-state index contributed by atoms with van der Waals surface area (Å²) in [5.74, 6) is -0.149. The van der Waals surface area contributed by atoms with Crippen LogP contribution in [0.15, 0.2) is 54.7 Å². The van der Waals surface area contributed by atoms with Crippen LogP contribution in [-0.2, 0) is 4.79 Å². The fourth-order valence-electron chi connectivity index (χ4n) is 2.52. The summed E-state index contributed by atoms with van der Waals surface area (Å²) < 4.78 is 13.1. The Bertz CT molecular complexity index is 995. The summed E-state index contributed by atoms with van der Waals surface area (Å²) >= 11 is 0. The smallest absolute Gasteiger partial charge is 0.248 e. The SMILES string of the molecule is Cc1cc(N)nc(/C=C\C(=O)Nc2cc(-c3ccc(F)cc3)cnc2N)c1. The number of nitrogens with two attached hydrogens (primary N) is 2. The minimum Gasteiger partial charge on any atom is -0.384 e. The van der Waals surface area contributed by atoms with Crippen LogP contribution in [0.25, 0.3) is 17.2 Å². The molecule has 2 aromatic heterocycles. The van der Waals surface area contributed by atoms with E-state index in [0.717, 1.165) is 11.1 Å². The van der Waals surface area contributed by atoms with Crippen LogP contribution in [0.3, 0.4) is 0 Å². The third-order valence-electron chi connectivity index (χ3n) is 3.77. The van der Waals surface area contributed by atoms with Gasteiger partial charge in [0, 0.05) is 17.8 Å². The van der Waals surface area contributed by atoms with E-state index in [0.29, 0.717) is 22.8 Å². The van der Waals surface area contributed by atoms with E-state index in [4.69, 9.17) is 11.5 Å². The number of rotatable bonds is 4. The second-order valence-corrected chi connectivity index (χ2v) is 5.98. The molecule has 0 atom stereocenters. The van der Waals surface area contributed by atoms with Crippen molar-refractivity contribution in [2.24, 2.45) is 0 Å². The van der Waals surface area contributed by atoms with Crippen LogP contribution in [0.2, 0.25) is 0 Å². The molecule has 0 radical (unpaired) electrons. The number of hydrogen-bond donors (Lipinski definition) is 3. The molecule has 0 saturated heterocycles. The lowest BCUT2D eigenvalue weighted by atomic mass is 10.1. The second-order valence-electron chi connectivity index (χ2n) is 5.98. The number of benzene rings is 1. The number of aryl methyl sites for hydroxylation is 1. The molecule has 5 N–H and O–H groups in total. The normalized spacial score (nSPS) is 10.9. The number of anilines is 3. The van der Waals surface area contributed by atoms with E-state index in [-0.39, 0.29) is 17.5 Å². The number of carbonyl (C=O) groups is 1. The molecule has 7 heteroatoms. The van der Waals surface area contributed by atoms with Crippen LogP contribution in [0.5, 0.6) is 0 Å². The molecule has 1 amide bonds. The maximum Gasteiger partial charge on any atom is 0.248 e. The molecule has 0 unspecified atom stereocenters. The second kappa shape index (κ2) is 7.65. The number of aromatic nitrogens is 2. The number of pyridine rings is 2. The van der Waals surface area contributed by atoms with Gasteiger partial charge in [0.05, 0.1) is 11.4 Å². The van der Waals surface area contributed by atoms with Crippen molar-refractivity contribution in [3.8, 4) is 11.1 Å². The minimum absolute atomic E-state index is 0.181. The number of halogens is 1. The van der Waals surface area contributed by atoms with Crippen LogP contribution in [0.1, 0.15) is 11.3 Å². The lowest BCUT2D eigenvalue weighted by molar-refractivity contribution is -0.111. The third-order valence-corrected chi connectivity index (χ3v) is 3.77. The quantitative estimate of drug-likeness (QED) is 0.616. The molecule has 2 heterocycles. The topological polar surface area (TPSA) is 107 Å². The number of nitrogens with zero attached hydrogens (tertiary/aromatic N) is 2. The van der Waals surface area contributed by atoms with Gasteiger partial charge in [0.1, 0.15) is 17.5 Å². The lowest BCUT2D eigenvalue weighted by Crippen LogP contribution is -2.10. The van der Waals surface area contributed by atoms with Gasteiger partial charge in [-0.15, -0.1) is 0 Å². The van der Waals surface area contributed by atoms with Crippen LogP contribution in [0, 0.1) is 12.7 Å². The van der Waals surface area contributed by atoms with E-state index >= 15 is 0 Å². The Morgan fingerprint density at radius 1 is 1.11 bits per heavy atom. The maximum absolute atomic E-state index is 13.1. The summed E-state index contributed by atoms with van der Waals surface area (Å²) in [7, 11) is 0. The molecule has 1 aromatic carbocycles. The average molecular weight is 363 g/mol. The predicted octanol–water partition coefficient (Wildman–Crippen LogP) is 3.41. The van der Waals surface area contributed by atoms with Crippen LogP contribution >= 0.6 is 0 Å². The van der Waals surface area contributed by atoms with Gasteiger partial charge in [-0.05, 0) is 54.5 Å². The molecule has 136 valence electrons. The number of amides is 1. The molecule has 27 heavy (non-hydrogen) atoms. The Kier molecular flexibility index (Phi) is 5.12. The highest BCUT2D eigenvalue weighted by Crippen LogP contribution is 2.25. The highest BCUT2D eigenvalue weighted by atomic mass is 19.1. The Balaban J connectivity index is 1.78. The molecule has 0 saturated carbocycles. The Morgan fingerprint density at radius 2 is 1.85 bits per heavy atom. The zero-order valence-electron chi connectivity index (χ0n) is 14.6. The van der Waals surface area contributed by atoms with Crippen LogP contribution in [0.4, 0.5) is 21.7 Å². The van der Waals surface area contributed by atoms with E-state index in [1.54, 1.807) is 36.5 Å². The van der Waals surface area contributed by atoms with Crippen molar-refractivity contribution in [3.05, 3.63) is 71.8 Å². The summed E-state index contributed by atoms with van der Waals surface area (Å²) in [6.07, 6.45) is 4.46. The van der Waals surface area contributed by atoms with Gasteiger partial charge in [0.25, 0.3) is 0 Å². The fraction of sp³-hybridized carbons (Fsp3) is 0.0500. The fourth-order valence-corrected chi connectivity index (χ4v) is 2.52. The summed E-state index contributed by atoms with van der Waals surface area (Å²) in [6, 6.07) is 11.2. The van der Waals surface area contributed by atoms with Gasteiger partial charge < -0.3 is 16.8 Å². The van der Waals surface area contributed by atoms with Crippen molar-refractivity contribution in [1.29, 1.82) is 0 Å². The molecule has 3 aromatic rings. The predicted molar refractivity (Wildman–Crippen MR) is 105 cm³/mol. The number of nitrogen functional groups attached to an aromatic ring is 2. The van der Waals surface area contributed by atoms with E-state index in [9.17, 15) is 9.18 Å². The lowest BCUT2D eigenvalue weighted by Gasteiger charge is -2.08. The number of carbonyl (C=O) groups excluding carboxylic acids is 1. The third kappa shape index (κ3) is 4.66. The van der Waals surface area contributed by atoms with Crippen molar-refractivity contribution in [2.45, 2.75) is 6.92 Å². The van der Waals surface area contributed by atoms with Gasteiger partial charge in [-0.1, -0.05) is 12.1 Å². The Labute approximate surface area is 155 Å². The first-order valence-corrected chi connectivity index (χ1v) is 8.15. The van der Waals surface area contributed by atoms with E-state index < -0.39 is 0 Å². The standard InChI is InChI=1S/C20H18FN5O/c1-12-8-16(25-18(22)9-12)6-7-19(27)26-17-10-14(11-24-20(17)23)13-2-4-15(21)5-3-13/h2-11H,1H3,(H2,22,25)(H2,23,24)(H,26,27)/b7-6-. The number of hydrogen-bond acceptors (Lipinski definition) is 5. The molecule has 0 fully saturated rings. The molecule has 0 spiro atoms. The van der Waals surface area contributed by atoms with Crippen LogP contribution in [-0.4, -0.2) is 15.9 Å². The van der Waals surface area contributed by atoms with Crippen LogP contribution < -0.4 is 16.8 Å². The minimum atomic E-state index is -0.387. The first kappa shape index (κ1) is 18.1. The summed E-state index contributed by atoms with van der Waals surface area (Å²) in [4.78, 5) is 20.4. The summed E-state index contributed by atoms with van der Waals surface area (Å²) in [5, 5.41) is 2.68. The van der Waals surface area contributed by atoms with E-state index in [1.807, 2.05) is 13.0 Å². The van der Waals surface area contributed by atoms with Crippen molar-refractivity contribution in [3.63, 3.8) is 0 Å². The molecule has 0 aliphatic rings. The number of nitrogens with one attached hydrogen (secondary N) is 1. The van der Waals surface area contributed by atoms with Crippen molar-refractivity contribution in [1.82, 2.24) is 9.97 Å². The molecular weight excluding hydrogens is 345 g/mol. The molecule has 0 aliphatic carbocycles. The first-order chi connectivity index (χ1) is 12.9. The van der Waals surface area contributed by atoms with Gasteiger partial charge in [-0.2, -0.15) is 0 Å². The highest BCUT2D eigenvalue weighted by Gasteiger charge is 2.07. The Morgan fingerprint density at radius 3 is 2.56 bits per heavy atom. The largest absolute Gasteiger partial charge is 0.384 e. The van der Waals surface area contributed by atoms with Gasteiger partial charge in [-0.3, -0.25) is 4.79 Å². The van der Waals surface area contributed by atoms with E-state index in [1.165, 1.54) is 18.2 Å². The molecule has 3 rings (SSSR count). The zero-order valence-corrected chi connectivity index (χ0v) is 14.6. The van der Waals surface area contributed by atoms with Crippen molar-refractivity contribution in [2.75, 3.05) is 16.8 Å². The van der Waals surface area contributed by atoms with Crippen molar-refractivity contribution >= 4 is 29.3 Å². The zero-order chi connectivity index (χ0) is 19.4. The summed E-state index contributed by atoms with van der Waals surface area (Å²) in [5.41, 5.74) is 14.9. The molecular formula is C20H18FN5O. The highest BCUT2D eigenvalue weighted by molar-refractivity contribution is 6.03. The summed E-state index contributed by atoms with van der Waals surface area (Å²) in [6.45, 7) is 1.89. The van der Waals surface area contributed by atoms with Crippen molar-refractivity contribution < 1.29 is 9.18 Å². The average Bonchev–Trinajstić information content (AvgIpc) is 2.62. The van der Waals surface area contributed by atoms with Gasteiger partial charge >= 0.3 is 0 Å². The molecule has 6 nitrogen and oxygen atoms in total. The monoisotopic (exact) mass is 363 g/mol. The molecule has 0 aliphatic heterocycles. The van der Waals surface area contributed by atoms with E-state index in [2.05, 4.69) is 15.3 Å². The van der Waals surface area contributed by atoms with Gasteiger partial charge in [-0.25, -0.2) is 14.4 Å².